The van der Waals surface area contributed by atoms with Crippen molar-refractivity contribution < 1.29 is 9.59 Å². The second kappa shape index (κ2) is 7.47. The molecule has 1 aromatic heterocycles. The molecule has 1 saturated heterocycles. The largest absolute Gasteiger partial charge is 0.352 e. The summed E-state index contributed by atoms with van der Waals surface area (Å²) < 4.78 is 0. The second-order valence-corrected chi connectivity index (χ2v) is 6.58. The Kier molecular flexibility index (Phi) is 5.12. The molecule has 1 aliphatic heterocycles. The van der Waals surface area contributed by atoms with Crippen LogP contribution < -0.4 is 5.32 Å². The SMILES string of the molecule is Cc1ccc([C@H]2[C@H](C(=O)NCc3cccnc3)CCC(=O)N2C)cc1. The minimum absolute atomic E-state index is 0.0196. The van der Waals surface area contributed by atoms with Gasteiger partial charge in [-0.15, -0.1) is 0 Å². The number of carbonyl (C=O) groups is 2. The van der Waals surface area contributed by atoms with Crippen molar-refractivity contribution in [3.8, 4) is 0 Å². The Labute approximate surface area is 148 Å². The fourth-order valence-corrected chi connectivity index (χ4v) is 3.36. The van der Waals surface area contributed by atoms with Crippen LogP contribution in [0.4, 0.5) is 0 Å². The molecule has 3 rings (SSSR count). The van der Waals surface area contributed by atoms with Crippen LogP contribution in [0.2, 0.25) is 0 Å². The molecule has 2 amide bonds. The number of likely N-dealkylation sites (tertiary alicyclic amines) is 1. The Hall–Kier alpha value is -2.69. The molecule has 2 aromatic rings. The smallest absolute Gasteiger partial charge is 0.225 e. The molecule has 0 radical (unpaired) electrons. The number of nitrogens with zero attached hydrogens (tertiary/aromatic N) is 2. The van der Waals surface area contributed by atoms with E-state index >= 15 is 0 Å². The number of amides is 2. The van der Waals surface area contributed by atoms with E-state index in [1.165, 1.54) is 0 Å². The first kappa shape index (κ1) is 17.1. The minimum atomic E-state index is -0.248. The monoisotopic (exact) mass is 337 g/mol. The van der Waals surface area contributed by atoms with Crippen molar-refractivity contribution in [2.75, 3.05) is 7.05 Å². The molecule has 1 N–H and O–H groups in total. The third-order valence-electron chi connectivity index (χ3n) is 4.81. The van der Waals surface area contributed by atoms with E-state index < -0.39 is 0 Å². The van der Waals surface area contributed by atoms with Gasteiger partial charge >= 0.3 is 0 Å². The zero-order valence-electron chi connectivity index (χ0n) is 14.6. The number of benzene rings is 1. The summed E-state index contributed by atoms with van der Waals surface area (Å²) in [6.45, 7) is 2.47. The maximum absolute atomic E-state index is 12.8. The number of piperidine rings is 1. The molecule has 130 valence electrons. The van der Waals surface area contributed by atoms with E-state index in [2.05, 4.69) is 10.3 Å². The van der Waals surface area contributed by atoms with E-state index in [4.69, 9.17) is 0 Å². The zero-order chi connectivity index (χ0) is 17.8. The van der Waals surface area contributed by atoms with Crippen LogP contribution in [0.5, 0.6) is 0 Å². The van der Waals surface area contributed by atoms with Gasteiger partial charge in [-0.1, -0.05) is 35.9 Å². The molecule has 25 heavy (non-hydrogen) atoms. The Morgan fingerprint density at radius 3 is 2.72 bits per heavy atom. The minimum Gasteiger partial charge on any atom is -0.352 e. The van der Waals surface area contributed by atoms with E-state index in [0.29, 0.717) is 19.4 Å². The van der Waals surface area contributed by atoms with Crippen LogP contribution >= 0.6 is 0 Å². The molecule has 5 nitrogen and oxygen atoms in total. The maximum atomic E-state index is 12.8. The van der Waals surface area contributed by atoms with E-state index in [1.54, 1.807) is 24.3 Å². The van der Waals surface area contributed by atoms with Gasteiger partial charge in [0.25, 0.3) is 0 Å². The summed E-state index contributed by atoms with van der Waals surface area (Å²) in [6, 6.07) is 11.6. The fourth-order valence-electron chi connectivity index (χ4n) is 3.36. The summed E-state index contributed by atoms with van der Waals surface area (Å²) in [6.07, 6.45) is 4.43. The summed E-state index contributed by atoms with van der Waals surface area (Å²) in [7, 11) is 1.79. The van der Waals surface area contributed by atoms with Crippen LogP contribution in [0.3, 0.4) is 0 Å². The lowest BCUT2D eigenvalue weighted by atomic mass is 9.83. The van der Waals surface area contributed by atoms with Crippen LogP contribution in [0.1, 0.15) is 35.6 Å². The van der Waals surface area contributed by atoms with E-state index in [0.717, 1.165) is 16.7 Å². The summed E-state index contributed by atoms with van der Waals surface area (Å²) in [5, 5.41) is 3.00. The van der Waals surface area contributed by atoms with Gasteiger partial charge in [0, 0.05) is 32.4 Å². The number of nitrogens with one attached hydrogen (secondary N) is 1. The first-order valence-corrected chi connectivity index (χ1v) is 8.55. The van der Waals surface area contributed by atoms with Gasteiger partial charge in [0.15, 0.2) is 0 Å². The third kappa shape index (κ3) is 3.87. The molecule has 0 bridgehead atoms. The van der Waals surface area contributed by atoms with Gasteiger partial charge < -0.3 is 10.2 Å². The lowest BCUT2D eigenvalue weighted by Crippen LogP contribution is -2.46. The lowest BCUT2D eigenvalue weighted by molar-refractivity contribution is -0.141. The van der Waals surface area contributed by atoms with Gasteiger partial charge in [-0.05, 0) is 30.5 Å². The molecule has 0 unspecified atom stereocenters. The molecule has 1 aliphatic rings. The number of hydrogen-bond donors (Lipinski definition) is 1. The van der Waals surface area contributed by atoms with Gasteiger partial charge in [0.1, 0.15) is 0 Å². The van der Waals surface area contributed by atoms with Crippen molar-refractivity contribution in [3.05, 3.63) is 65.5 Å². The number of pyridine rings is 1. The van der Waals surface area contributed by atoms with Crippen LogP contribution in [0, 0.1) is 12.8 Å². The highest BCUT2D eigenvalue weighted by atomic mass is 16.2. The normalized spacial score (nSPS) is 20.4. The molecule has 0 saturated carbocycles. The number of carbonyl (C=O) groups excluding carboxylic acids is 2. The predicted octanol–water partition coefficient (Wildman–Crippen LogP) is 2.62. The van der Waals surface area contributed by atoms with Crippen LogP contribution in [0.15, 0.2) is 48.8 Å². The first-order chi connectivity index (χ1) is 12.1. The van der Waals surface area contributed by atoms with Crippen LogP contribution in [0.25, 0.3) is 0 Å². The predicted molar refractivity (Wildman–Crippen MR) is 95.5 cm³/mol. The molecule has 2 atom stereocenters. The highest BCUT2D eigenvalue weighted by Crippen LogP contribution is 2.36. The molecule has 0 spiro atoms. The zero-order valence-corrected chi connectivity index (χ0v) is 14.6. The summed E-state index contributed by atoms with van der Waals surface area (Å²) in [4.78, 5) is 30.8. The highest BCUT2D eigenvalue weighted by Gasteiger charge is 2.38. The van der Waals surface area contributed by atoms with Crippen LogP contribution in [-0.2, 0) is 16.1 Å². The molecule has 0 aliphatic carbocycles. The van der Waals surface area contributed by atoms with E-state index in [-0.39, 0.29) is 23.8 Å². The topological polar surface area (TPSA) is 62.3 Å². The van der Waals surface area contributed by atoms with E-state index in [1.807, 2.05) is 43.3 Å². The molecular formula is C20H23N3O2. The summed E-state index contributed by atoms with van der Waals surface area (Å²) in [5.41, 5.74) is 3.12. The Morgan fingerprint density at radius 2 is 2.04 bits per heavy atom. The number of aromatic nitrogens is 1. The Morgan fingerprint density at radius 1 is 1.28 bits per heavy atom. The standard InChI is InChI=1S/C20H23N3O2/c1-14-5-7-16(8-6-14)19-17(9-10-18(24)23(19)2)20(25)22-13-15-4-3-11-21-12-15/h3-8,11-12,17,19H,9-10,13H2,1-2H3,(H,22,25)/t17-,19+/m1/s1. The number of aryl methyl sites for hydroxylation is 1. The molecule has 5 heteroatoms. The quantitative estimate of drug-likeness (QED) is 0.933. The van der Waals surface area contributed by atoms with Crippen molar-refractivity contribution in [1.29, 1.82) is 0 Å². The van der Waals surface area contributed by atoms with Crippen LogP contribution in [-0.4, -0.2) is 28.7 Å². The van der Waals surface area contributed by atoms with Crippen molar-refractivity contribution >= 4 is 11.8 Å². The summed E-state index contributed by atoms with van der Waals surface area (Å²) >= 11 is 0. The van der Waals surface area contributed by atoms with Crippen molar-refractivity contribution in [2.45, 2.75) is 32.4 Å². The van der Waals surface area contributed by atoms with Gasteiger partial charge in [0.05, 0.1) is 12.0 Å². The molecule has 1 fully saturated rings. The van der Waals surface area contributed by atoms with Crippen molar-refractivity contribution in [1.82, 2.24) is 15.2 Å². The highest BCUT2D eigenvalue weighted by molar-refractivity contribution is 5.84. The van der Waals surface area contributed by atoms with E-state index in [9.17, 15) is 9.59 Å². The van der Waals surface area contributed by atoms with Gasteiger partial charge in [-0.25, -0.2) is 0 Å². The first-order valence-electron chi connectivity index (χ1n) is 8.55. The summed E-state index contributed by atoms with van der Waals surface area (Å²) in [5.74, 6) is -0.183. The number of hydrogen-bond acceptors (Lipinski definition) is 3. The van der Waals surface area contributed by atoms with Gasteiger partial charge in [-0.3, -0.25) is 14.6 Å². The second-order valence-electron chi connectivity index (χ2n) is 6.58. The molecule has 1 aromatic carbocycles. The average Bonchev–Trinajstić information content (AvgIpc) is 2.63. The number of rotatable bonds is 4. The average molecular weight is 337 g/mol. The maximum Gasteiger partial charge on any atom is 0.225 e. The fraction of sp³-hybridized carbons (Fsp3) is 0.350. The third-order valence-corrected chi connectivity index (χ3v) is 4.81. The molecule has 2 heterocycles. The lowest BCUT2D eigenvalue weighted by Gasteiger charge is -2.38. The molecular weight excluding hydrogens is 314 g/mol. The Balaban J connectivity index is 1.78. The van der Waals surface area contributed by atoms with Gasteiger partial charge in [0.2, 0.25) is 11.8 Å². The van der Waals surface area contributed by atoms with Crippen molar-refractivity contribution in [3.63, 3.8) is 0 Å². The van der Waals surface area contributed by atoms with Gasteiger partial charge in [-0.2, -0.15) is 0 Å². The Bertz CT molecular complexity index is 743. The van der Waals surface area contributed by atoms with Crippen molar-refractivity contribution in [2.24, 2.45) is 5.92 Å².